The minimum absolute atomic E-state index is 0.0521. The van der Waals surface area contributed by atoms with E-state index in [1.807, 2.05) is 12.1 Å². The Bertz CT molecular complexity index is 454. The standard InChI is InChI=1S/C13H16N4O/c1-10-8-16-13(18)12(2-5-14)17(10)9-11-3-6-15-7-4-11/h3-4,6-7,10,12H,2,8-9H2,1H3,(H,16,18). The van der Waals surface area contributed by atoms with Crippen LogP contribution in [0, 0.1) is 11.3 Å². The van der Waals surface area contributed by atoms with Gasteiger partial charge in [0.15, 0.2) is 0 Å². The Morgan fingerprint density at radius 2 is 2.28 bits per heavy atom. The van der Waals surface area contributed by atoms with E-state index in [4.69, 9.17) is 5.26 Å². The van der Waals surface area contributed by atoms with Crippen molar-refractivity contribution in [1.82, 2.24) is 15.2 Å². The van der Waals surface area contributed by atoms with E-state index in [0.29, 0.717) is 13.1 Å². The fraction of sp³-hybridized carbons (Fsp3) is 0.462. The zero-order valence-corrected chi connectivity index (χ0v) is 10.3. The minimum Gasteiger partial charge on any atom is -0.353 e. The highest BCUT2D eigenvalue weighted by molar-refractivity contribution is 5.82. The van der Waals surface area contributed by atoms with Crippen LogP contribution in [-0.2, 0) is 11.3 Å². The molecule has 1 aliphatic rings. The number of pyridine rings is 1. The number of carbonyl (C=O) groups is 1. The SMILES string of the molecule is CC1CNC(=O)C(CC#N)N1Cc1ccncc1. The maximum absolute atomic E-state index is 11.8. The topological polar surface area (TPSA) is 69.0 Å². The molecule has 1 fully saturated rings. The molecule has 1 N–H and O–H groups in total. The van der Waals surface area contributed by atoms with E-state index < -0.39 is 0 Å². The molecular formula is C13H16N4O. The van der Waals surface area contributed by atoms with Crippen molar-refractivity contribution in [2.75, 3.05) is 6.54 Å². The lowest BCUT2D eigenvalue weighted by Crippen LogP contribution is -2.58. The van der Waals surface area contributed by atoms with Crippen molar-refractivity contribution in [3.8, 4) is 6.07 Å². The fourth-order valence-corrected chi connectivity index (χ4v) is 2.20. The van der Waals surface area contributed by atoms with E-state index in [2.05, 4.69) is 28.2 Å². The van der Waals surface area contributed by atoms with Gasteiger partial charge in [0.1, 0.15) is 6.04 Å². The predicted octanol–water partition coefficient (Wildman–Crippen LogP) is 0.684. The van der Waals surface area contributed by atoms with E-state index in [9.17, 15) is 4.79 Å². The van der Waals surface area contributed by atoms with Crippen molar-refractivity contribution in [2.45, 2.75) is 32.0 Å². The van der Waals surface area contributed by atoms with E-state index >= 15 is 0 Å². The first-order valence-electron chi connectivity index (χ1n) is 6.01. The summed E-state index contributed by atoms with van der Waals surface area (Å²) in [6.07, 6.45) is 3.70. The molecule has 5 nitrogen and oxygen atoms in total. The molecule has 1 amide bonds. The quantitative estimate of drug-likeness (QED) is 0.849. The number of aromatic nitrogens is 1. The van der Waals surface area contributed by atoms with E-state index in [1.54, 1.807) is 12.4 Å². The average molecular weight is 244 g/mol. The van der Waals surface area contributed by atoms with Crippen molar-refractivity contribution in [2.24, 2.45) is 0 Å². The van der Waals surface area contributed by atoms with Crippen LogP contribution in [0.25, 0.3) is 0 Å². The van der Waals surface area contributed by atoms with Gasteiger partial charge in [-0.15, -0.1) is 0 Å². The van der Waals surface area contributed by atoms with Crippen molar-refractivity contribution >= 4 is 5.91 Å². The van der Waals surface area contributed by atoms with Crippen molar-refractivity contribution in [1.29, 1.82) is 5.26 Å². The largest absolute Gasteiger partial charge is 0.353 e. The number of hydrogen-bond donors (Lipinski definition) is 1. The zero-order valence-electron chi connectivity index (χ0n) is 10.3. The molecule has 94 valence electrons. The highest BCUT2D eigenvalue weighted by Gasteiger charge is 2.33. The Kier molecular flexibility index (Phi) is 3.90. The van der Waals surface area contributed by atoms with Gasteiger partial charge < -0.3 is 5.32 Å². The lowest BCUT2D eigenvalue weighted by Gasteiger charge is -2.39. The molecule has 0 aromatic carbocycles. The highest BCUT2D eigenvalue weighted by Crippen LogP contribution is 2.17. The second-order valence-electron chi connectivity index (χ2n) is 4.50. The van der Waals surface area contributed by atoms with Gasteiger partial charge in [-0.1, -0.05) is 0 Å². The molecule has 0 saturated carbocycles. The summed E-state index contributed by atoms with van der Waals surface area (Å²) in [6, 6.07) is 5.83. The van der Waals surface area contributed by atoms with E-state index in [-0.39, 0.29) is 24.4 Å². The van der Waals surface area contributed by atoms with Gasteiger partial charge in [0.25, 0.3) is 0 Å². The number of nitrogens with zero attached hydrogens (tertiary/aromatic N) is 3. The Hall–Kier alpha value is -1.93. The molecule has 2 atom stereocenters. The summed E-state index contributed by atoms with van der Waals surface area (Å²) in [7, 11) is 0. The summed E-state index contributed by atoms with van der Waals surface area (Å²) in [6.45, 7) is 3.36. The van der Waals surface area contributed by atoms with Crippen LogP contribution >= 0.6 is 0 Å². The molecule has 0 bridgehead atoms. The van der Waals surface area contributed by atoms with Gasteiger partial charge in [0.05, 0.1) is 12.5 Å². The summed E-state index contributed by atoms with van der Waals surface area (Å²) >= 11 is 0. The summed E-state index contributed by atoms with van der Waals surface area (Å²) in [5.41, 5.74) is 1.11. The molecule has 0 aliphatic carbocycles. The smallest absolute Gasteiger partial charge is 0.238 e. The Morgan fingerprint density at radius 1 is 1.56 bits per heavy atom. The molecular weight excluding hydrogens is 228 g/mol. The van der Waals surface area contributed by atoms with Crippen LogP contribution in [0.2, 0.25) is 0 Å². The molecule has 2 rings (SSSR count). The van der Waals surface area contributed by atoms with Crippen molar-refractivity contribution in [3.05, 3.63) is 30.1 Å². The van der Waals surface area contributed by atoms with Crippen LogP contribution in [-0.4, -0.2) is 34.4 Å². The molecule has 2 unspecified atom stereocenters. The third-order valence-corrected chi connectivity index (χ3v) is 3.24. The molecule has 0 spiro atoms. The monoisotopic (exact) mass is 244 g/mol. The third kappa shape index (κ3) is 2.66. The van der Waals surface area contributed by atoms with Gasteiger partial charge in [-0.2, -0.15) is 5.26 Å². The number of amides is 1. The number of piperazine rings is 1. The van der Waals surface area contributed by atoms with Gasteiger partial charge in [0.2, 0.25) is 5.91 Å². The fourth-order valence-electron chi connectivity index (χ4n) is 2.20. The molecule has 1 aromatic heterocycles. The summed E-state index contributed by atoms with van der Waals surface area (Å²) in [5.74, 6) is -0.0521. The zero-order chi connectivity index (χ0) is 13.0. The summed E-state index contributed by atoms with van der Waals surface area (Å²) < 4.78 is 0. The second-order valence-corrected chi connectivity index (χ2v) is 4.50. The summed E-state index contributed by atoms with van der Waals surface area (Å²) in [5, 5.41) is 11.7. The molecule has 1 saturated heterocycles. The maximum atomic E-state index is 11.8. The minimum atomic E-state index is -0.355. The number of carbonyl (C=O) groups excluding carboxylic acids is 1. The Labute approximate surface area is 106 Å². The Morgan fingerprint density at radius 3 is 2.94 bits per heavy atom. The predicted molar refractivity (Wildman–Crippen MR) is 66.3 cm³/mol. The number of rotatable bonds is 3. The normalized spacial score (nSPS) is 24.3. The molecule has 5 heteroatoms. The average Bonchev–Trinajstić information content (AvgIpc) is 2.39. The second kappa shape index (κ2) is 5.61. The van der Waals surface area contributed by atoms with Gasteiger partial charge in [-0.05, 0) is 24.6 Å². The lowest BCUT2D eigenvalue weighted by atomic mass is 10.0. The molecule has 1 aromatic rings. The van der Waals surface area contributed by atoms with Gasteiger partial charge in [-0.25, -0.2) is 0 Å². The molecule has 2 heterocycles. The van der Waals surface area contributed by atoms with Crippen LogP contribution in [0.15, 0.2) is 24.5 Å². The molecule has 18 heavy (non-hydrogen) atoms. The Balaban J connectivity index is 2.16. The molecule has 1 aliphatic heterocycles. The summed E-state index contributed by atoms with van der Waals surface area (Å²) in [4.78, 5) is 17.9. The van der Waals surface area contributed by atoms with Crippen molar-refractivity contribution < 1.29 is 4.79 Å². The van der Waals surface area contributed by atoms with E-state index in [1.165, 1.54) is 0 Å². The van der Waals surface area contributed by atoms with Gasteiger partial charge in [-0.3, -0.25) is 14.7 Å². The number of hydrogen-bond acceptors (Lipinski definition) is 4. The number of nitrogens with one attached hydrogen (secondary N) is 1. The van der Waals surface area contributed by atoms with Crippen LogP contribution < -0.4 is 5.32 Å². The first-order chi connectivity index (χ1) is 8.72. The van der Waals surface area contributed by atoms with Gasteiger partial charge in [0, 0.05) is 31.5 Å². The van der Waals surface area contributed by atoms with Crippen LogP contribution in [0.4, 0.5) is 0 Å². The van der Waals surface area contributed by atoms with Crippen molar-refractivity contribution in [3.63, 3.8) is 0 Å². The van der Waals surface area contributed by atoms with Crippen LogP contribution in [0.3, 0.4) is 0 Å². The first kappa shape index (κ1) is 12.5. The third-order valence-electron chi connectivity index (χ3n) is 3.24. The highest BCUT2D eigenvalue weighted by atomic mass is 16.2. The van der Waals surface area contributed by atoms with Crippen LogP contribution in [0.1, 0.15) is 18.9 Å². The molecule has 0 radical (unpaired) electrons. The van der Waals surface area contributed by atoms with Gasteiger partial charge >= 0.3 is 0 Å². The first-order valence-corrected chi connectivity index (χ1v) is 6.01. The number of nitriles is 1. The lowest BCUT2D eigenvalue weighted by molar-refractivity contribution is -0.131. The van der Waals surface area contributed by atoms with E-state index in [0.717, 1.165) is 5.56 Å². The maximum Gasteiger partial charge on any atom is 0.238 e. The van der Waals surface area contributed by atoms with Crippen LogP contribution in [0.5, 0.6) is 0 Å².